The molecule has 0 atom stereocenters. The van der Waals surface area contributed by atoms with Gasteiger partial charge in [0, 0.05) is 18.3 Å². The van der Waals surface area contributed by atoms with Gasteiger partial charge in [0.15, 0.2) is 11.6 Å². The topological polar surface area (TPSA) is 35.0 Å². The van der Waals surface area contributed by atoms with Crippen molar-refractivity contribution in [2.45, 2.75) is 13.3 Å². The normalized spacial score (nSPS) is 10.6. The van der Waals surface area contributed by atoms with Crippen LogP contribution >= 0.6 is 0 Å². The lowest BCUT2D eigenvalue weighted by Crippen LogP contribution is -1.94. The van der Waals surface area contributed by atoms with E-state index >= 15 is 0 Å². The molecule has 1 heterocycles. The third kappa shape index (κ3) is 1.75. The minimum absolute atomic E-state index is 0.195. The van der Waals surface area contributed by atoms with E-state index in [1.807, 2.05) is 6.92 Å². The van der Waals surface area contributed by atoms with Gasteiger partial charge in [0.2, 0.25) is 0 Å². The third-order valence-corrected chi connectivity index (χ3v) is 2.23. The van der Waals surface area contributed by atoms with E-state index in [4.69, 9.17) is 4.74 Å². The molecule has 0 aliphatic heterocycles. The molecule has 1 aromatic heterocycles. The molecule has 15 heavy (non-hydrogen) atoms. The summed E-state index contributed by atoms with van der Waals surface area (Å²) in [7, 11) is 1.43. The van der Waals surface area contributed by atoms with Crippen molar-refractivity contribution < 1.29 is 9.13 Å². The molecular weight excluding hydrogens is 195 g/mol. The van der Waals surface area contributed by atoms with Crippen LogP contribution < -0.4 is 4.74 Å². The second-order valence-electron chi connectivity index (χ2n) is 3.19. The maximum absolute atomic E-state index is 13.4. The molecule has 0 radical (unpaired) electrons. The highest BCUT2D eigenvalue weighted by Crippen LogP contribution is 2.22. The van der Waals surface area contributed by atoms with Gasteiger partial charge in [-0.25, -0.2) is 9.37 Å². The summed E-state index contributed by atoms with van der Waals surface area (Å²) in [6.45, 7) is 1.98. The monoisotopic (exact) mass is 206 g/mol. The summed E-state index contributed by atoms with van der Waals surface area (Å²) in [5.74, 6) is -0.214. The number of rotatable bonds is 2. The molecule has 0 saturated heterocycles. The molecule has 0 saturated carbocycles. The first-order chi connectivity index (χ1) is 7.24. The van der Waals surface area contributed by atoms with Crippen LogP contribution in [0.25, 0.3) is 11.0 Å². The number of benzene rings is 1. The number of aromatic nitrogens is 2. The molecule has 0 bridgehead atoms. The summed E-state index contributed by atoms with van der Waals surface area (Å²) in [6.07, 6.45) is 2.48. The minimum Gasteiger partial charge on any atom is -0.494 e. The van der Waals surface area contributed by atoms with E-state index in [2.05, 4.69) is 9.97 Å². The van der Waals surface area contributed by atoms with E-state index in [1.54, 1.807) is 12.3 Å². The van der Waals surface area contributed by atoms with Crippen LogP contribution in [0.4, 0.5) is 4.39 Å². The van der Waals surface area contributed by atoms with Gasteiger partial charge in [0.25, 0.3) is 0 Å². The summed E-state index contributed by atoms with van der Waals surface area (Å²) in [4.78, 5) is 8.46. The van der Waals surface area contributed by atoms with Crippen molar-refractivity contribution in [2.75, 3.05) is 7.11 Å². The van der Waals surface area contributed by atoms with E-state index in [0.717, 1.165) is 12.1 Å². The molecule has 0 aliphatic rings. The summed E-state index contributed by atoms with van der Waals surface area (Å²) in [5.41, 5.74) is 2.06. The Labute approximate surface area is 86.9 Å². The quantitative estimate of drug-likeness (QED) is 0.756. The van der Waals surface area contributed by atoms with Crippen LogP contribution in [0.3, 0.4) is 0 Å². The fourth-order valence-corrected chi connectivity index (χ4v) is 1.38. The molecule has 2 aromatic rings. The highest BCUT2D eigenvalue weighted by atomic mass is 19.1. The first-order valence-electron chi connectivity index (χ1n) is 4.73. The molecule has 3 nitrogen and oxygen atoms in total. The highest BCUT2D eigenvalue weighted by Gasteiger charge is 2.06. The molecule has 1 aromatic carbocycles. The Morgan fingerprint density at radius 3 is 2.80 bits per heavy atom. The maximum atomic E-state index is 13.4. The van der Waals surface area contributed by atoms with Crippen LogP contribution in [0.15, 0.2) is 18.3 Å². The van der Waals surface area contributed by atoms with Crippen LogP contribution in [0.5, 0.6) is 5.75 Å². The Hall–Kier alpha value is -1.71. The number of fused-ring (bicyclic) bond motifs is 1. The van der Waals surface area contributed by atoms with E-state index in [1.165, 1.54) is 13.2 Å². The second-order valence-corrected chi connectivity index (χ2v) is 3.19. The van der Waals surface area contributed by atoms with Crippen LogP contribution in [-0.2, 0) is 6.42 Å². The lowest BCUT2D eigenvalue weighted by atomic mass is 10.2. The molecule has 0 N–H and O–H groups in total. The van der Waals surface area contributed by atoms with Gasteiger partial charge >= 0.3 is 0 Å². The number of methoxy groups -OCH3 is 1. The molecule has 2 rings (SSSR count). The zero-order valence-corrected chi connectivity index (χ0v) is 8.62. The van der Waals surface area contributed by atoms with Crippen molar-refractivity contribution in [3.8, 4) is 5.75 Å². The van der Waals surface area contributed by atoms with Crippen molar-refractivity contribution in [1.82, 2.24) is 9.97 Å². The fraction of sp³-hybridized carbons (Fsp3) is 0.273. The first kappa shape index (κ1) is 9.83. The van der Waals surface area contributed by atoms with Gasteiger partial charge in [-0.2, -0.15) is 0 Å². The number of ether oxygens (including phenoxy) is 1. The molecule has 0 aliphatic carbocycles. The van der Waals surface area contributed by atoms with E-state index < -0.39 is 5.82 Å². The third-order valence-electron chi connectivity index (χ3n) is 2.23. The van der Waals surface area contributed by atoms with Crippen molar-refractivity contribution in [3.63, 3.8) is 0 Å². The van der Waals surface area contributed by atoms with E-state index in [0.29, 0.717) is 11.0 Å². The Morgan fingerprint density at radius 1 is 1.33 bits per heavy atom. The zero-order chi connectivity index (χ0) is 10.8. The molecule has 0 unspecified atom stereocenters. The summed E-state index contributed by atoms with van der Waals surface area (Å²) in [6, 6.07) is 2.90. The van der Waals surface area contributed by atoms with E-state index in [-0.39, 0.29) is 5.75 Å². The van der Waals surface area contributed by atoms with Crippen LogP contribution in [0.1, 0.15) is 12.6 Å². The van der Waals surface area contributed by atoms with Gasteiger partial charge in [0.05, 0.1) is 23.8 Å². The average Bonchev–Trinajstić information content (AvgIpc) is 2.27. The molecule has 78 valence electrons. The number of hydrogen-bond acceptors (Lipinski definition) is 3. The molecule has 0 amide bonds. The lowest BCUT2D eigenvalue weighted by Gasteiger charge is -2.04. The lowest BCUT2D eigenvalue weighted by molar-refractivity contribution is 0.387. The highest BCUT2D eigenvalue weighted by molar-refractivity contribution is 5.76. The number of aryl methyl sites for hydroxylation is 1. The number of nitrogens with zero attached hydrogens (tertiary/aromatic N) is 2. The standard InChI is InChI=1S/C11H11FN2O/c1-3-7-6-13-9-5-11(15-2)8(12)4-10(9)14-7/h4-6H,3H2,1-2H3. The van der Waals surface area contributed by atoms with Gasteiger partial charge in [-0.15, -0.1) is 0 Å². The minimum atomic E-state index is -0.410. The number of hydrogen-bond donors (Lipinski definition) is 0. The van der Waals surface area contributed by atoms with Crippen molar-refractivity contribution in [1.29, 1.82) is 0 Å². The Balaban J connectivity index is 2.65. The van der Waals surface area contributed by atoms with Gasteiger partial charge in [-0.05, 0) is 6.42 Å². The molecule has 0 fully saturated rings. The Morgan fingerprint density at radius 2 is 2.13 bits per heavy atom. The van der Waals surface area contributed by atoms with Crippen molar-refractivity contribution in [3.05, 3.63) is 29.8 Å². The Kier molecular flexibility index (Phi) is 2.49. The Bertz CT molecular complexity index is 499. The smallest absolute Gasteiger partial charge is 0.167 e. The predicted octanol–water partition coefficient (Wildman–Crippen LogP) is 2.34. The first-order valence-corrected chi connectivity index (χ1v) is 4.73. The van der Waals surface area contributed by atoms with Crippen LogP contribution in [-0.4, -0.2) is 17.1 Å². The van der Waals surface area contributed by atoms with Crippen LogP contribution in [0, 0.1) is 5.82 Å². The summed E-state index contributed by atoms with van der Waals surface area (Å²) < 4.78 is 18.2. The second kappa shape index (κ2) is 3.81. The molecule has 4 heteroatoms. The van der Waals surface area contributed by atoms with Gasteiger partial charge in [-0.3, -0.25) is 4.98 Å². The average molecular weight is 206 g/mol. The van der Waals surface area contributed by atoms with Crippen LogP contribution in [0.2, 0.25) is 0 Å². The fourth-order valence-electron chi connectivity index (χ4n) is 1.38. The molecule has 0 spiro atoms. The SMILES string of the molecule is CCc1cnc2cc(OC)c(F)cc2n1. The van der Waals surface area contributed by atoms with Gasteiger partial charge in [-0.1, -0.05) is 6.92 Å². The number of halogens is 1. The van der Waals surface area contributed by atoms with Crippen molar-refractivity contribution >= 4 is 11.0 Å². The molecular formula is C11H11FN2O. The van der Waals surface area contributed by atoms with Gasteiger partial charge in [0.1, 0.15) is 0 Å². The summed E-state index contributed by atoms with van der Waals surface area (Å²) >= 11 is 0. The van der Waals surface area contributed by atoms with E-state index in [9.17, 15) is 4.39 Å². The van der Waals surface area contributed by atoms with Crippen molar-refractivity contribution in [2.24, 2.45) is 0 Å². The summed E-state index contributed by atoms with van der Waals surface area (Å²) in [5, 5.41) is 0. The maximum Gasteiger partial charge on any atom is 0.167 e. The zero-order valence-electron chi connectivity index (χ0n) is 8.62. The predicted molar refractivity (Wildman–Crippen MR) is 55.4 cm³/mol. The van der Waals surface area contributed by atoms with Gasteiger partial charge < -0.3 is 4.74 Å². The largest absolute Gasteiger partial charge is 0.494 e.